The zero-order valence-corrected chi connectivity index (χ0v) is 17.6. The van der Waals surface area contributed by atoms with Crippen molar-refractivity contribution >= 4 is 33.5 Å². The minimum Gasteiger partial charge on any atom is -0.489 e. The van der Waals surface area contributed by atoms with Gasteiger partial charge in [-0.25, -0.2) is 0 Å². The molecule has 0 aliphatic rings. The summed E-state index contributed by atoms with van der Waals surface area (Å²) in [6, 6.07) is 15.5. The smallest absolute Gasteiger partial charge is 0.309 e. The summed E-state index contributed by atoms with van der Waals surface area (Å²) in [7, 11) is 2.73. The van der Waals surface area contributed by atoms with Crippen molar-refractivity contribution in [3.05, 3.63) is 48.5 Å². The molecule has 2 atom stereocenters. The molecule has 158 valence electrons. The van der Waals surface area contributed by atoms with Crippen molar-refractivity contribution in [1.29, 1.82) is 0 Å². The van der Waals surface area contributed by atoms with Crippen LogP contribution >= 0.6 is 0 Å². The maximum atomic E-state index is 11.7. The summed E-state index contributed by atoms with van der Waals surface area (Å²) in [4.78, 5) is 23.3. The lowest BCUT2D eigenvalue weighted by atomic mass is 10.00. The van der Waals surface area contributed by atoms with Gasteiger partial charge in [0, 0.05) is 21.5 Å². The summed E-state index contributed by atoms with van der Waals surface area (Å²) in [5, 5.41) is 3.47. The van der Waals surface area contributed by atoms with Crippen molar-refractivity contribution in [2.75, 3.05) is 14.2 Å². The molecule has 0 saturated heterocycles. The van der Waals surface area contributed by atoms with Gasteiger partial charge >= 0.3 is 11.9 Å². The van der Waals surface area contributed by atoms with Crippen LogP contribution in [0.1, 0.15) is 26.7 Å². The highest BCUT2D eigenvalue weighted by Gasteiger charge is 2.21. The van der Waals surface area contributed by atoms with Gasteiger partial charge in [-0.1, -0.05) is 48.5 Å². The van der Waals surface area contributed by atoms with Crippen molar-refractivity contribution in [3.63, 3.8) is 0 Å². The maximum Gasteiger partial charge on any atom is 0.309 e. The summed E-state index contributed by atoms with van der Waals surface area (Å²) < 4.78 is 22.0. The fourth-order valence-corrected chi connectivity index (χ4v) is 3.42. The Kier molecular flexibility index (Phi) is 6.77. The van der Waals surface area contributed by atoms with Crippen molar-refractivity contribution in [1.82, 2.24) is 0 Å². The number of rotatable bonds is 8. The van der Waals surface area contributed by atoms with Crippen LogP contribution in [-0.4, -0.2) is 38.4 Å². The van der Waals surface area contributed by atoms with Gasteiger partial charge < -0.3 is 18.9 Å². The van der Waals surface area contributed by atoms with Crippen LogP contribution in [-0.2, 0) is 19.1 Å². The molecule has 0 amide bonds. The Balaban J connectivity index is 2.10. The van der Waals surface area contributed by atoms with E-state index in [-0.39, 0.29) is 37.0 Å². The highest BCUT2D eigenvalue weighted by atomic mass is 16.5. The number of carbonyl (C=O) groups excluding carboxylic acids is 2. The van der Waals surface area contributed by atoms with Gasteiger partial charge in [0.05, 0.1) is 27.1 Å². The highest BCUT2D eigenvalue weighted by molar-refractivity contribution is 6.11. The number of esters is 2. The second-order valence-corrected chi connectivity index (χ2v) is 7.17. The van der Waals surface area contributed by atoms with Crippen LogP contribution in [0.5, 0.6) is 11.5 Å². The predicted octanol–water partition coefficient (Wildman–Crippen LogP) is 4.65. The molecule has 0 heterocycles. The molecule has 0 N–H and O–H groups in total. The number of hydrogen-bond donors (Lipinski definition) is 0. The van der Waals surface area contributed by atoms with Crippen LogP contribution in [0.4, 0.5) is 0 Å². The first-order chi connectivity index (χ1) is 14.4. The Bertz CT molecular complexity index is 917. The summed E-state index contributed by atoms with van der Waals surface area (Å²) in [6.45, 7) is 3.67. The molecule has 0 bridgehead atoms. The van der Waals surface area contributed by atoms with Crippen molar-refractivity contribution < 1.29 is 28.5 Å². The van der Waals surface area contributed by atoms with Crippen molar-refractivity contribution in [3.8, 4) is 11.5 Å². The number of ether oxygens (including phenoxy) is 4. The highest BCUT2D eigenvalue weighted by Crippen LogP contribution is 2.43. The lowest BCUT2D eigenvalue weighted by Crippen LogP contribution is -2.19. The second-order valence-electron chi connectivity index (χ2n) is 7.17. The van der Waals surface area contributed by atoms with E-state index in [1.807, 2.05) is 62.4 Å². The minimum atomic E-state index is -0.366. The first-order valence-corrected chi connectivity index (χ1v) is 9.85. The molecular formula is C24H26O6. The Morgan fingerprint density at radius 1 is 0.667 bits per heavy atom. The zero-order valence-electron chi connectivity index (χ0n) is 17.6. The number of fused-ring (bicyclic) bond motifs is 2. The molecule has 2 unspecified atom stereocenters. The molecule has 0 saturated carbocycles. The van der Waals surface area contributed by atoms with E-state index >= 15 is 0 Å². The van der Waals surface area contributed by atoms with Gasteiger partial charge in [0.15, 0.2) is 0 Å². The van der Waals surface area contributed by atoms with Gasteiger partial charge in [-0.3, -0.25) is 9.59 Å². The van der Waals surface area contributed by atoms with Crippen LogP contribution < -0.4 is 9.47 Å². The standard InChI is InChI=1S/C24H26O6/c1-15(13-21(25)27-3)29-23-17-9-5-7-11-19(17)24(20-12-8-6-10-18(20)23)30-16(2)14-22(26)28-4/h5-12,15-16H,13-14H2,1-4H3. The van der Waals surface area contributed by atoms with Gasteiger partial charge in [-0.15, -0.1) is 0 Å². The molecule has 0 aliphatic carbocycles. The fourth-order valence-electron chi connectivity index (χ4n) is 3.42. The summed E-state index contributed by atoms with van der Waals surface area (Å²) in [5.41, 5.74) is 0. The molecule has 3 aromatic rings. The topological polar surface area (TPSA) is 71.1 Å². The number of carbonyl (C=O) groups is 2. The molecule has 0 spiro atoms. The fraction of sp³-hybridized carbons (Fsp3) is 0.333. The SMILES string of the molecule is COC(=O)CC(C)Oc1c2ccccc2c(OC(C)CC(=O)OC)c2ccccc12. The van der Waals surface area contributed by atoms with Crippen molar-refractivity contribution in [2.24, 2.45) is 0 Å². The quantitative estimate of drug-likeness (QED) is 0.398. The molecule has 6 nitrogen and oxygen atoms in total. The van der Waals surface area contributed by atoms with E-state index in [9.17, 15) is 9.59 Å². The maximum absolute atomic E-state index is 11.7. The van der Waals surface area contributed by atoms with Crippen LogP contribution in [0.3, 0.4) is 0 Å². The average molecular weight is 410 g/mol. The van der Waals surface area contributed by atoms with Gasteiger partial charge in [-0.05, 0) is 13.8 Å². The van der Waals surface area contributed by atoms with E-state index in [4.69, 9.17) is 18.9 Å². The Hall–Kier alpha value is -3.28. The van der Waals surface area contributed by atoms with E-state index in [0.717, 1.165) is 21.5 Å². The van der Waals surface area contributed by atoms with E-state index < -0.39 is 0 Å². The normalized spacial score (nSPS) is 12.9. The molecule has 30 heavy (non-hydrogen) atoms. The molecule has 0 radical (unpaired) electrons. The number of benzene rings is 3. The van der Waals surface area contributed by atoms with Gasteiger partial charge in [0.2, 0.25) is 0 Å². The molecule has 6 heteroatoms. The third kappa shape index (κ3) is 4.64. The van der Waals surface area contributed by atoms with E-state index in [0.29, 0.717) is 11.5 Å². The van der Waals surface area contributed by atoms with Crippen LogP contribution in [0, 0.1) is 0 Å². The molecule has 3 rings (SSSR count). The first-order valence-electron chi connectivity index (χ1n) is 9.85. The predicted molar refractivity (Wildman–Crippen MR) is 115 cm³/mol. The summed E-state index contributed by atoms with van der Waals surface area (Å²) in [6.07, 6.45) is -0.440. The van der Waals surface area contributed by atoms with Crippen LogP contribution in [0.15, 0.2) is 48.5 Å². The monoisotopic (exact) mass is 410 g/mol. The molecular weight excluding hydrogens is 384 g/mol. The third-order valence-corrected chi connectivity index (χ3v) is 4.83. The minimum absolute atomic E-state index is 0.146. The largest absolute Gasteiger partial charge is 0.489 e. The van der Waals surface area contributed by atoms with E-state index in [1.165, 1.54) is 14.2 Å². The van der Waals surface area contributed by atoms with Crippen LogP contribution in [0.2, 0.25) is 0 Å². The molecule has 0 aliphatic heterocycles. The molecule has 0 fully saturated rings. The molecule has 0 aromatic heterocycles. The van der Waals surface area contributed by atoms with Gasteiger partial charge in [-0.2, -0.15) is 0 Å². The Labute approximate surface area is 175 Å². The van der Waals surface area contributed by atoms with E-state index in [2.05, 4.69) is 0 Å². The first kappa shape index (κ1) is 21.4. The summed E-state index contributed by atoms with van der Waals surface area (Å²) in [5.74, 6) is 0.719. The Morgan fingerprint density at radius 3 is 1.23 bits per heavy atom. The summed E-state index contributed by atoms with van der Waals surface area (Å²) >= 11 is 0. The van der Waals surface area contributed by atoms with Gasteiger partial charge in [0.1, 0.15) is 23.7 Å². The van der Waals surface area contributed by atoms with Crippen molar-refractivity contribution in [2.45, 2.75) is 38.9 Å². The number of methoxy groups -OCH3 is 2. The number of hydrogen-bond acceptors (Lipinski definition) is 6. The molecule has 3 aromatic carbocycles. The Morgan fingerprint density at radius 2 is 0.967 bits per heavy atom. The zero-order chi connectivity index (χ0) is 21.7. The lowest BCUT2D eigenvalue weighted by Gasteiger charge is -2.22. The third-order valence-electron chi connectivity index (χ3n) is 4.83. The van der Waals surface area contributed by atoms with Crippen LogP contribution in [0.25, 0.3) is 21.5 Å². The average Bonchev–Trinajstić information content (AvgIpc) is 2.75. The second kappa shape index (κ2) is 9.48. The lowest BCUT2D eigenvalue weighted by molar-refractivity contribution is -0.143. The van der Waals surface area contributed by atoms with E-state index in [1.54, 1.807) is 0 Å². The van der Waals surface area contributed by atoms with Gasteiger partial charge in [0.25, 0.3) is 0 Å².